The van der Waals surface area contributed by atoms with Crippen molar-refractivity contribution in [1.29, 1.82) is 0 Å². The molecule has 2 unspecified atom stereocenters. The lowest BCUT2D eigenvalue weighted by atomic mass is 10.1. The summed E-state index contributed by atoms with van der Waals surface area (Å²) in [4.78, 5) is 14.2. The van der Waals surface area contributed by atoms with Crippen LogP contribution in [0.15, 0.2) is 24.3 Å². The summed E-state index contributed by atoms with van der Waals surface area (Å²) in [5.41, 5.74) is 7.43. The number of nitrogen functional groups attached to an aromatic ring is 1. The van der Waals surface area contributed by atoms with Crippen molar-refractivity contribution in [2.75, 3.05) is 12.3 Å². The minimum Gasteiger partial charge on any atom is -0.399 e. The van der Waals surface area contributed by atoms with Crippen LogP contribution in [0.5, 0.6) is 0 Å². The predicted octanol–water partition coefficient (Wildman–Crippen LogP) is 2.07. The molecule has 2 atom stereocenters. The molecule has 0 aliphatic carbocycles. The van der Waals surface area contributed by atoms with Gasteiger partial charge in [0.1, 0.15) is 0 Å². The summed E-state index contributed by atoms with van der Waals surface area (Å²) in [5.74, 6) is 0.835. The van der Waals surface area contributed by atoms with Crippen LogP contribution in [-0.2, 0) is 11.2 Å². The van der Waals surface area contributed by atoms with E-state index in [4.69, 9.17) is 5.73 Å². The van der Waals surface area contributed by atoms with E-state index in [1.165, 1.54) is 0 Å². The van der Waals surface area contributed by atoms with E-state index >= 15 is 0 Å². The molecule has 3 nitrogen and oxygen atoms in total. The van der Waals surface area contributed by atoms with Gasteiger partial charge in [-0.2, -0.15) is 0 Å². The van der Waals surface area contributed by atoms with Crippen LogP contribution in [0.2, 0.25) is 0 Å². The number of benzene rings is 1. The number of hydrogen-bond donors (Lipinski definition) is 1. The number of hydrogen-bond acceptors (Lipinski definition) is 2. The Kier molecular flexibility index (Phi) is 3.36. The van der Waals surface area contributed by atoms with Crippen LogP contribution >= 0.6 is 0 Å². The number of likely N-dealkylation sites (tertiary alicyclic amines) is 1. The number of nitrogens with two attached hydrogens (primary N) is 1. The SMILES string of the molecule is CC1CC(C)N(C(=O)Cc2cccc(N)c2)C1. The number of amides is 1. The molecule has 1 aromatic carbocycles. The highest BCUT2D eigenvalue weighted by molar-refractivity contribution is 5.79. The van der Waals surface area contributed by atoms with Gasteiger partial charge in [0.2, 0.25) is 5.91 Å². The first-order valence-corrected chi connectivity index (χ1v) is 6.20. The summed E-state index contributed by atoms with van der Waals surface area (Å²) in [6.45, 7) is 5.22. The Bertz CT molecular complexity index is 416. The molecule has 0 radical (unpaired) electrons. The van der Waals surface area contributed by atoms with Crippen molar-refractivity contribution >= 4 is 11.6 Å². The van der Waals surface area contributed by atoms with Gasteiger partial charge in [-0.1, -0.05) is 19.1 Å². The van der Waals surface area contributed by atoms with Crippen molar-refractivity contribution in [3.63, 3.8) is 0 Å². The zero-order valence-corrected chi connectivity index (χ0v) is 10.5. The fourth-order valence-corrected chi connectivity index (χ4v) is 2.63. The van der Waals surface area contributed by atoms with Crippen molar-refractivity contribution in [3.8, 4) is 0 Å². The van der Waals surface area contributed by atoms with E-state index in [9.17, 15) is 4.79 Å². The molecule has 1 aromatic rings. The van der Waals surface area contributed by atoms with Crippen LogP contribution in [0.4, 0.5) is 5.69 Å². The standard InChI is InChI=1S/C14H20N2O/c1-10-6-11(2)16(9-10)14(17)8-12-4-3-5-13(15)7-12/h3-5,7,10-11H,6,8-9,15H2,1-2H3. The molecule has 92 valence electrons. The number of nitrogens with zero attached hydrogens (tertiary/aromatic N) is 1. The molecule has 2 rings (SSSR count). The van der Waals surface area contributed by atoms with Gasteiger partial charge in [0, 0.05) is 18.3 Å². The smallest absolute Gasteiger partial charge is 0.227 e. The molecule has 1 aliphatic heterocycles. The van der Waals surface area contributed by atoms with Gasteiger partial charge in [0.05, 0.1) is 6.42 Å². The number of rotatable bonds is 2. The Balaban J connectivity index is 2.02. The molecule has 3 heteroatoms. The molecule has 0 saturated carbocycles. The van der Waals surface area contributed by atoms with Gasteiger partial charge in [-0.05, 0) is 37.0 Å². The van der Waals surface area contributed by atoms with E-state index in [1.807, 2.05) is 29.2 Å². The van der Waals surface area contributed by atoms with Gasteiger partial charge in [-0.3, -0.25) is 4.79 Å². The van der Waals surface area contributed by atoms with Crippen molar-refractivity contribution < 1.29 is 4.79 Å². The molecule has 2 N–H and O–H groups in total. The Morgan fingerprint density at radius 1 is 1.47 bits per heavy atom. The van der Waals surface area contributed by atoms with Gasteiger partial charge in [0.25, 0.3) is 0 Å². The normalized spacial score (nSPS) is 24.0. The molecule has 1 saturated heterocycles. The highest BCUT2D eigenvalue weighted by Gasteiger charge is 2.29. The molecule has 1 fully saturated rings. The van der Waals surface area contributed by atoms with Crippen LogP contribution in [0, 0.1) is 5.92 Å². The minimum absolute atomic E-state index is 0.215. The third-order valence-corrected chi connectivity index (χ3v) is 3.41. The second kappa shape index (κ2) is 4.78. The summed E-state index contributed by atoms with van der Waals surface area (Å²) in [5, 5.41) is 0. The number of carbonyl (C=O) groups is 1. The molecular formula is C14H20N2O. The monoisotopic (exact) mass is 232 g/mol. The first-order chi connectivity index (χ1) is 8.06. The van der Waals surface area contributed by atoms with Crippen molar-refractivity contribution in [2.45, 2.75) is 32.7 Å². The highest BCUT2D eigenvalue weighted by atomic mass is 16.2. The lowest BCUT2D eigenvalue weighted by molar-refractivity contribution is -0.131. The van der Waals surface area contributed by atoms with Gasteiger partial charge >= 0.3 is 0 Å². The maximum absolute atomic E-state index is 12.2. The summed E-state index contributed by atoms with van der Waals surface area (Å²) in [7, 11) is 0. The highest BCUT2D eigenvalue weighted by Crippen LogP contribution is 2.23. The Labute approximate surface area is 103 Å². The largest absolute Gasteiger partial charge is 0.399 e. The molecule has 0 aromatic heterocycles. The topological polar surface area (TPSA) is 46.3 Å². The second-order valence-electron chi connectivity index (χ2n) is 5.16. The van der Waals surface area contributed by atoms with Crippen molar-refractivity contribution in [1.82, 2.24) is 4.90 Å². The number of anilines is 1. The third kappa shape index (κ3) is 2.78. The third-order valence-electron chi connectivity index (χ3n) is 3.41. The van der Waals surface area contributed by atoms with E-state index in [0.717, 1.165) is 24.2 Å². The lowest BCUT2D eigenvalue weighted by Gasteiger charge is -2.21. The van der Waals surface area contributed by atoms with Crippen molar-refractivity contribution in [3.05, 3.63) is 29.8 Å². The first-order valence-electron chi connectivity index (χ1n) is 6.20. The second-order valence-corrected chi connectivity index (χ2v) is 5.16. The van der Waals surface area contributed by atoms with Gasteiger partial charge in [-0.25, -0.2) is 0 Å². The van der Waals surface area contributed by atoms with E-state index in [-0.39, 0.29) is 5.91 Å². The average molecular weight is 232 g/mol. The van der Waals surface area contributed by atoms with Crippen molar-refractivity contribution in [2.24, 2.45) is 5.92 Å². The molecule has 1 amide bonds. The lowest BCUT2D eigenvalue weighted by Crippen LogP contribution is -2.35. The molecule has 0 spiro atoms. The van der Waals surface area contributed by atoms with E-state index in [0.29, 0.717) is 18.4 Å². The van der Waals surface area contributed by atoms with E-state index in [1.54, 1.807) is 0 Å². The summed E-state index contributed by atoms with van der Waals surface area (Å²) in [6, 6.07) is 7.95. The Morgan fingerprint density at radius 2 is 2.24 bits per heavy atom. The average Bonchev–Trinajstić information content (AvgIpc) is 2.58. The predicted molar refractivity (Wildman–Crippen MR) is 69.5 cm³/mol. The van der Waals surface area contributed by atoms with E-state index in [2.05, 4.69) is 13.8 Å². The molecular weight excluding hydrogens is 212 g/mol. The van der Waals surface area contributed by atoms with Gasteiger partial charge in [0.15, 0.2) is 0 Å². The zero-order valence-electron chi connectivity index (χ0n) is 10.5. The summed E-state index contributed by atoms with van der Waals surface area (Å²) < 4.78 is 0. The van der Waals surface area contributed by atoms with Crippen LogP contribution in [-0.4, -0.2) is 23.4 Å². The minimum atomic E-state index is 0.215. The molecule has 1 aliphatic rings. The van der Waals surface area contributed by atoms with Gasteiger partial charge in [-0.15, -0.1) is 0 Å². The zero-order chi connectivity index (χ0) is 12.4. The molecule has 17 heavy (non-hydrogen) atoms. The van der Waals surface area contributed by atoms with Crippen LogP contribution in [0.25, 0.3) is 0 Å². The number of carbonyl (C=O) groups excluding carboxylic acids is 1. The maximum atomic E-state index is 12.2. The fraction of sp³-hybridized carbons (Fsp3) is 0.500. The van der Waals surface area contributed by atoms with E-state index < -0.39 is 0 Å². The maximum Gasteiger partial charge on any atom is 0.227 e. The molecule has 0 bridgehead atoms. The summed E-state index contributed by atoms with van der Waals surface area (Å²) >= 11 is 0. The fourth-order valence-electron chi connectivity index (χ4n) is 2.63. The summed E-state index contributed by atoms with van der Waals surface area (Å²) in [6.07, 6.45) is 1.57. The molecule has 1 heterocycles. The Morgan fingerprint density at radius 3 is 2.82 bits per heavy atom. The van der Waals surface area contributed by atoms with Crippen LogP contribution in [0.1, 0.15) is 25.8 Å². The van der Waals surface area contributed by atoms with Crippen LogP contribution < -0.4 is 5.73 Å². The van der Waals surface area contributed by atoms with Gasteiger partial charge < -0.3 is 10.6 Å². The first kappa shape index (κ1) is 12.0. The Hall–Kier alpha value is -1.51. The van der Waals surface area contributed by atoms with Crippen LogP contribution in [0.3, 0.4) is 0 Å². The quantitative estimate of drug-likeness (QED) is 0.793.